The van der Waals surface area contributed by atoms with Gasteiger partial charge in [0.1, 0.15) is 13.2 Å². The Hall–Kier alpha value is -1.11. The van der Waals surface area contributed by atoms with Crippen LogP contribution < -0.4 is 15.2 Å². The smallest absolute Gasteiger partial charge is 0.162 e. The first-order valence-corrected chi connectivity index (χ1v) is 7.05. The van der Waals surface area contributed by atoms with E-state index in [9.17, 15) is 4.21 Å². The molecular formula is C12H17NO4S. The summed E-state index contributed by atoms with van der Waals surface area (Å²) in [5, 5.41) is 0. The van der Waals surface area contributed by atoms with E-state index in [1.807, 2.05) is 0 Å². The van der Waals surface area contributed by atoms with Gasteiger partial charge in [-0.25, -0.2) is 0 Å². The summed E-state index contributed by atoms with van der Waals surface area (Å²) in [5.74, 6) is 1.71. The highest BCUT2D eigenvalue weighted by Gasteiger charge is 2.15. The molecule has 0 amide bonds. The van der Waals surface area contributed by atoms with Crippen LogP contribution in [0.1, 0.15) is 0 Å². The number of benzene rings is 1. The molecule has 0 radical (unpaired) electrons. The molecule has 2 N–H and O–H groups in total. The van der Waals surface area contributed by atoms with Crippen LogP contribution in [0, 0.1) is 0 Å². The molecular weight excluding hydrogens is 254 g/mol. The van der Waals surface area contributed by atoms with Gasteiger partial charge in [0.2, 0.25) is 0 Å². The van der Waals surface area contributed by atoms with Crippen LogP contribution in [0.3, 0.4) is 0 Å². The van der Waals surface area contributed by atoms with Crippen molar-refractivity contribution in [3.05, 3.63) is 18.2 Å². The van der Waals surface area contributed by atoms with Crippen LogP contribution in [0.4, 0.5) is 0 Å². The van der Waals surface area contributed by atoms with Gasteiger partial charge < -0.3 is 19.9 Å². The molecule has 2 unspecified atom stereocenters. The van der Waals surface area contributed by atoms with Gasteiger partial charge in [0.15, 0.2) is 11.5 Å². The summed E-state index contributed by atoms with van der Waals surface area (Å²) in [6.45, 7) is 1.47. The molecule has 1 aromatic carbocycles. The van der Waals surface area contributed by atoms with Gasteiger partial charge in [0.05, 0.1) is 17.4 Å². The summed E-state index contributed by atoms with van der Waals surface area (Å²) in [6.07, 6.45) is 0. The topological polar surface area (TPSA) is 70.8 Å². The van der Waals surface area contributed by atoms with Gasteiger partial charge in [-0.05, 0) is 12.1 Å². The maximum atomic E-state index is 12.1. The maximum Gasteiger partial charge on any atom is 0.162 e. The SMILES string of the molecule is COCC(N)CS(=O)c1ccc2c(c1)OCCO2. The van der Waals surface area contributed by atoms with Crippen molar-refractivity contribution in [2.75, 3.05) is 32.7 Å². The van der Waals surface area contributed by atoms with E-state index in [0.717, 1.165) is 0 Å². The van der Waals surface area contributed by atoms with E-state index < -0.39 is 10.8 Å². The minimum absolute atomic E-state index is 0.232. The van der Waals surface area contributed by atoms with E-state index in [2.05, 4.69) is 0 Å². The van der Waals surface area contributed by atoms with Gasteiger partial charge in [-0.15, -0.1) is 0 Å². The zero-order chi connectivity index (χ0) is 13.0. The number of rotatable bonds is 5. The second-order valence-electron chi connectivity index (χ2n) is 4.03. The van der Waals surface area contributed by atoms with Crippen molar-refractivity contribution < 1.29 is 18.4 Å². The lowest BCUT2D eigenvalue weighted by atomic mass is 10.3. The molecule has 2 rings (SSSR count). The van der Waals surface area contributed by atoms with Crippen LogP contribution in [0.2, 0.25) is 0 Å². The number of nitrogens with two attached hydrogens (primary N) is 1. The fraction of sp³-hybridized carbons (Fsp3) is 0.500. The van der Waals surface area contributed by atoms with Crippen molar-refractivity contribution in [1.29, 1.82) is 0 Å². The molecule has 5 nitrogen and oxygen atoms in total. The first kappa shape index (κ1) is 13.3. The Labute approximate surface area is 109 Å². The Bertz CT molecular complexity index is 438. The number of hydrogen-bond acceptors (Lipinski definition) is 5. The fourth-order valence-electron chi connectivity index (χ4n) is 1.72. The predicted molar refractivity (Wildman–Crippen MR) is 68.6 cm³/mol. The summed E-state index contributed by atoms with van der Waals surface area (Å²) in [4.78, 5) is 0.700. The molecule has 1 aromatic rings. The largest absolute Gasteiger partial charge is 0.486 e. The van der Waals surface area contributed by atoms with Crippen molar-refractivity contribution in [2.45, 2.75) is 10.9 Å². The van der Waals surface area contributed by atoms with E-state index in [1.165, 1.54) is 0 Å². The average Bonchev–Trinajstić information content (AvgIpc) is 2.38. The predicted octanol–water partition coefficient (Wildman–Crippen LogP) is 0.539. The van der Waals surface area contributed by atoms with Crippen LogP contribution >= 0.6 is 0 Å². The van der Waals surface area contributed by atoms with Crippen molar-refractivity contribution >= 4 is 10.8 Å². The van der Waals surface area contributed by atoms with Gasteiger partial charge >= 0.3 is 0 Å². The standard InChI is InChI=1S/C12H17NO4S/c1-15-7-9(13)8-18(14)10-2-3-11-12(6-10)17-5-4-16-11/h2-3,6,9H,4-5,7-8,13H2,1H3. The number of hydrogen-bond donors (Lipinski definition) is 1. The van der Waals surface area contributed by atoms with E-state index in [4.69, 9.17) is 19.9 Å². The molecule has 1 aliphatic rings. The molecule has 0 saturated carbocycles. The van der Waals surface area contributed by atoms with Crippen LogP contribution in [0.25, 0.3) is 0 Å². The first-order valence-electron chi connectivity index (χ1n) is 5.73. The first-order chi connectivity index (χ1) is 8.70. The molecule has 2 atom stereocenters. The van der Waals surface area contributed by atoms with Crippen molar-refractivity contribution in [3.8, 4) is 11.5 Å². The van der Waals surface area contributed by atoms with Crippen LogP contribution in [-0.2, 0) is 15.5 Å². The molecule has 1 aliphatic heterocycles. The van der Waals surface area contributed by atoms with Gasteiger partial charge in [-0.3, -0.25) is 4.21 Å². The molecule has 0 aliphatic carbocycles. The molecule has 6 heteroatoms. The summed E-state index contributed by atoms with van der Waals surface area (Å²) < 4.78 is 27.9. The van der Waals surface area contributed by atoms with E-state index >= 15 is 0 Å². The molecule has 18 heavy (non-hydrogen) atoms. The van der Waals surface area contributed by atoms with Crippen LogP contribution in [-0.4, -0.2) is 42.9 Å². The summed E-state index contributed by atoms with van der Waals surface area (Å²) in [6, 6.07) is 5.08. The lowest BCUT2D eigenvalue weighted by molar-refractivity contribution is 0.171. The van der Waals surface area contributed by atoms with Crippen molar-refractivity contribution in [3.63, 3.8) is 0 Å². The highest BCUT2D eigenvalue weighted by molar-refractivity contribution is 7.85. The Kier molecular flexibility index (Phi) is 4.57. The lowest BCUT2D eigenvalue weighted by Gasteiger charge is -2.19. The second kappa shape index (κ2) is 6.17. The Morgan fingerprint density at radius 1 is 1.39 bits per heavy atom. The third kappa shape index (κ3) is 3.22. The Morgan fingerprint density at radius 3 is 2.83 bits per heavy atom. The monoisotopic (exact) mass is 271 g/mol. The maximum absolute atomic E-state index is 12.1. The quantitative estimate of drug-likeness (QED) is 0.846. The lowest BCUT2D eigenvalue weighted by Crippen LogP contribution is -2.31. The molecule has 0 bridgehead atoms. The minimum atomic E-state index is -1.15. The normalized spacial score (nSPS) is 17.2. The van der Waals surface area contributed by atoms with Gasteiger partial charge in [0, 0.05) is 29.9 Å². The summed E-state index contributed by atoms with van der Waals surface area (Å²) >= 11 is 0. The van der Waals surface area contributed by atoms with E-state index in [1.54, 1.807) is 25.3 Å². The zero-order valence-electron chi connectivity index (χ0n) is 10.3. The van der Waals surface area contributed by atoms with E-state index in [0.29, 0.717) is 42.0 Å². The molecule has 100 valence electrons. The second-order valence-corrected chi connectivity index (χ2v) is 5.53. The minimum Gasteiger partial charge on any atom is -0.486 e. The van der Waals surface area contributed by atoms with E-state index in [-0.39, 0.29) is 6.04 Å². The molecule has 0 saturated heterocycles. The third-order valence-corrected chi connectivity index (χ3v) is 4.03. The summed E-state index contributed by atoms with van der Waals surface area (Å²) in [5.41, 5.74) is 5.79. The number of fused-ring (bicyclic) bond motifs is 1. The molecule has 0 spiro atoms. The fourth-order valence-corrected chi connectivity index (χ4v) is 2.85. The average molecular weight is 271 g/mol. The van der Waals surface area contributed by atoms with Crippen LogP contribution in [0.15, 0.2) is 23.1 Å². The van der Waals surface area contributed by atoms with Gasteiger partial charge in [-0.1, -0.05) is 0 Å². The van der Waals surface area contributed by atoms with Crippen molar-refractivity contribution in [1.82, 2.24) is 0 Å². The van der Waals surface area contributed by atoms with Crippen LogP contribution in [0.5, 0.6) is 11.5 Å². The van der Waals surface area contributed by atoms with Gasteiger partial charge in [0.25, 0.3) is 0 Å². The Morgan fingerprint density at radius 2 is 2.11 bits per heavy atom. The third-order valence-electron chi connectivity index (χ3n) is 2.52. The van der Waals surface area contributed by atoms with Crippen molar-refractivity contribution in [2.24, 2.45) is 5.73 Å². The number of methoxy groups -OCH3 is 1. The molecule has 1 heterocycles. The molecule has 0 fully saturated rings. The molecule has 0 aromatic heterocycles. The zero-order valence-corrected chi connectivity index (χ0v) is 11.1. The highest BCUT2D eigenvalue weighted by atomic mass is 32.2. The Balaban J connectivity index is 2.06. The highest BCUT2D eigenvalue weighted by Crippen LogP contribution is 2.31. The summed E-state index contributed by atoms with van der Waals surface area (Å²) in [7, 11) is 0.423. The van der Waals surface area contributed by atoms with Gasteiger partial charge in [-0.2, -0.15) is 0 Å². The number of ether oxygens (including phenoxy) is 3.